The molecule has 1 saturated heterocycles. The van der Waals surface area contributed by atoms with Crippen molar-refractivity contribution in [2.45, 2.75) is 45.6 Å². The Balaban J connectivity index is 2.04. The summed E-state index contributed by atoms with van der Waals surface area (Å²) in [6, 6.07) is 7.30. The summed E-state index contributed by atoms with van der Waals surface area (Å²) >= 11 is 0. The number of ether oxygens (including phenoxy) is 1. The Bertz CT molecular complexity index is 556. The number of carbonyl (C=O) groups is 2. The van der Waals surface area contributed by atoms with E-state index >= 15 is 0 Å². The van der Waals surface area contributed by atoms with Gasteiger partial charge in [0.25, 0.3) is 0 Å². The molecule has 0 aliphatic carbocycles. The molecule has 5 heteroatoms. The Morgan fingerprint density at radius 2 is 1.92 bits per heavy atom. The second-order valence-electron chi connectivity index (χ2n) is 6.26. The van der Waals surface area contributed by atoms with E-state index in [0.29, 0.717) is 26.1 Å². The van der Waals surface area contributed by atoms with Crippen LogP contribution in [0.2, 0.25) is 0 Å². The maximum atomic E-state index is 12.7. The van der Waals surface area contributed by atoms with Crippen LogP contribution in [0.5, 0.6) is 5.75 Å². The molecule has 2 amide bonds. The van der Waals surface area contributed by atoms with Crippen LogP contribution in [-0.4, -0.2) is 54.4 Å². The molecule has 1 heterocycles. The van der Waals surface area contributed by atoms with Crippen molar-refractivity contribution < 1.29 is 14.3 Å². The van der Waals surface area contributed by atoms with Crippen LogP contribution >= 0.6 is 0 Å². The minimum absolute atomic E-state index is 0.0294. The molecule has 1 aromatic carbocycles. The lowest BCUT2D eigenvalue weighted by Gasteiger charge is -2.39. The first-order valence-electron chi connectivity index (χ1n) is 8.83. The predicted octanol–water partition coefficient (Wildman–Crippen LogP) is 2.49. The van der Waals surface area contributed by atoms with Gasteiger partial charge in [0.15, 0.2) is 0 Å². The SMILES string of the molecule is CCCCC1C(=O)N(C)CCN1C(=O)Cc1ccc(OCC)cc1. The van der Waals surface area contributed by atoms with E-state index in [1.807, 2.05) is 38.2 Å². The molecule has 0 spiro atoms. The summed E-state index contributed by atoms with van der Waals surface area (Å²) in [6.07, 6.45) is 3.05. The van der Waals surface area contributed by atoms with Crippen LogP contribution < -0.4 is 4.74 Å². The number of carbonyl (C=O) groups excluding carboxylic acids is 2. The Morgan fingerprint density at radius 3 is 2.54 bits per heavy atom. The smallest absolute Gasteiger partial charge is 0.245 e. The molecule has 1 aromatic rings. The quantitative estimate of drug-likeness (QED) is 0.771. The van der Waals surface area contributed by atoms with Crippen molar-refractivity contribution >= 4 is 11.8 Å². The zero-order valence-corrected chi connectivity index (χ0v) is 15.0. The van der Waals surface area contributed by atoms with E-state index in [1.165, 1.54) is 0 Å². The molecular formula is C19H28N2O3. The monoisotopic (exact) mass is 332 g/mol. The third-order valence-corrected chi connectivity index (χ3v) is 4.45. The number of benzene rings is 1. The van der Waals surface area contributed by atoms with Crippen LogP contribution in [0.1, 0.15) is 38.7 Å². The zero-order valence-electron chi connectivity index (χ0n) is 15.0. The number of nitrogens with zero attached hydrogens (tertiary/aromatic N) is 2. The third kappa shape index (κ3) is 4.49. The number of rotatable bonds is 7. The number of likely N-dealkylation sites (N-methyl/N-ethyl adjacent to an activating group) is 1. The molecule has 5 nitrogen and oxygen atoms in total. The van der Waals surface area contributed by atoms with Gasteiger partial charge in [-0.15, -0.1) is 0 Å². The van der Waals surface area contributed by atoms with Crippen LogP contribution in [0.4, 0.5) is 0 Å². The summed E-state index contributed by atoms with van der Waals surface area (Å²) in [7, 11) is 1.82. The summed E-state index contributed by atoms with van der Waals surface area (Å²) in [4.78, 5) is 28.7. The first-order valence-corrected chi connectivity index (χ1v) is 8.83. The zero-order chi connectivity index (χ0) is 17.5. The molecule has 0 radical (unpaired) electrons. The van der Waals surface area contributed by atoms with Gasteiger partial charge in [-0.25, -0.2) is 0 Å². The molecule has 0 bridgehead atoms. The van der Waals surface area contributed by atoms with E-state index in [9.17, 15) is 9.59 Å². The Labute approximate surface area is 144 Å². The molecule has 1 aliphatic rings. The van der Waals surface area contributed by atoms with E-state index in [4.69, 9.17) is 4.74 Å². The second-order valence-corrected chi connectivity index (χ2v) is 6.26. The van der Waals surface area contributed by atoms with Gasteiger partial charge >= 0.3 is 0 Å². The van der Waals surface area contributed by atoms with Gasteiger partial charge in [-0.3, -0.25) is 9.59 Å². The highest BCUT2D eigenvalue weighted by atomic mass is 16.5. The van der Waals surface area contributed by atoms with Gasteiger partial charge in [0.1, 0.15) is 11.8 Å². The lowest BCUT2D eigenvalue weighted by atomic mass is 10.0. The first kappa shape index (κ1) is 18.3. The number of unbranched alkanes of at least 4 members (excludes halogenated alkanes) is 1. The molecule has 1 fully saturated rings. The van der Waals surface area contributed by atoms with E-state index in [1.54, 1.807) is 9.80 Å². The Morgan fingerprint density at radius 1 is 1.21 bits per heavy atom. The molecule has 0 saturated carbocycles. The molecule has 0 N–H and O–H groups in total. The standard InChI is InChI=1S/C19H28N2O3/c1-4-6-7-17-19(23)20(3)12-13-21(17)18(22)14-15-8-10-16(11-9-15)24-5-2/h8-11,17H,4-7,12-14H2,1-3H3. The van der Waals surface area contributed by atoms with Gasteiger partial charge in [0.2, 0.25) is 11.8 Å². The van der Waals surface area contributed by atoms with Crippen LogP contribution in [-0.2, 0) is 16.0 Å². The van der Waals surface area contributed by atoms with E-state index in [0.717, 1.165) is 30.6 Å². The first-order chi connectivity index (χ1) is 11.6. The van der Waals surface area contributed by atoms with Crippen molar-refractivity contribution in [2.24, 2.45) is 0 Å². The molecule has 0 aromatic heterocycles. The number of amides is 2. The summed E-state index contributed by atoms with van der Waals surface area (Å²) in [5.74, 6) is 0.903. The summed E-state index contributed by atoms with van der Waals surface area (Å²) in [5, 5.41) is 0. The summed E-state index contributed by atoms with van der Waals surface area (Å²) < 4.78 is 5.42. The van der Waals surface area contributed by atoms with Gasteiger partial charge < -0.3 is 14.5 Å². The van der Waals surface area contributed by atoms with Crippen LogP contribution in [0.15, 0.2) is 24.3 Å². The van der Waals surface area contributed by atoms with Crippen LogP contribution in [0, 0.1) is 0 Å². The van der Waals surface area contributed by atoms with Crippen molar-refractivity contribution in [3.8, 4) is 5.75 Å². The van der Waals surface area contributed by atoms with Gasteiger partial charge in [-0.1, -0.05) is 31.9 Å². The normalized spacial score (nSPS) is 18.0. The Kier molecular flexibility index (Phi) is 6.64. The summed E-state index contributed by atoms with van der Waals surface area (Å²) in [6.45, 7) is 5.89. The number of hydrogen-bond donors (Lipinski definition) is 0. The number of piperazine rings is 1. The van der Waals surface area contributed by atoms with Crippen LogP contribution in [0.3, 0.4) is 0 Å². The van der Waals surface area contributed by atoms with Crippen molar-refractivity contribution in [2.75, 3.05) is 26.7 Å². The highest BCUT2D eigenvalue weighted by molar-refractivity contribution is 5.89. The number of hydrogen-bond acceptors (Lipinski definition) is 3. The van der Waals surface area contributed by atoms with Crippen molar-refractivity contribution in [3.05, 3.63) is 29.8 Å². The molecule has 1 aliphatic heterocycles. The lowest BCUT2D eigenvalue weighted by Crippen LogP contribution is -2.57. The lowest BCUT2D eigenvalue weighted by molar-refractivity contribution is -0.150. The second kappa shape index (κ2) is 8.71. The Hall–Kier alpha value is -2.04. The third-order valence-electron chi connectivity index (χ3n) is 4.45. The fourth-order valence-electron chi connectivity index (χ4n) is 3.03. The molecule has 24 heavy (non-hydrogen) atoms. The van der Waals surface area contributed by atoms with Gasteiger partial charge in [0.05, 0.1) is 13.0 Å². The summed E-state index contributed by atoms with van der Waals surface area (Å²) in [5.41, 5.74) is 0.948. The van der Waals surface area contributed by atoms with Crippen LogP contribution in [0.25, 0.3) is 0 Å². The maximum absolute atomic E-state index is 12.7. The van der Waals surface area contributed by atoms with Crippen molar-refractivity contribution in [3.63, 3.8) is 0 Å². The molecular weight excluding hydrogens is 304 g/mol. The average Bonchev–Trinajstić information content (AvgIpc) is 2.58. The van der Waals surface area contributed by atoms with Gasteiger partial charge in [-0.05, 0) is 31.0 Å². The van der Waals surface area contributed by atoms with Gasteiger partial charge in [-0.2, -0.15) is 0 Å². The molecule has 2 rings (SSSR count). The maximum Gasteiger partial charge on any atom is 0.245 e. The molecule has 1 atom stereocenters. The minimum Gasteiger partial charge on any atom is -0.494 e. The highest BCUT2D eigenvalue weighted by Gasteiger charge is 2.35. The van der Waals surface area contributed by atoms with Gasteiger partial charge in [0, 0.05) is 20.1 Å². The van der Waals surface area contributed by atoms with E-state index in [2.05, 4.69) is 6.92 Å². The highest BCUT2D eigenvalue weighted by Crippen LogP contribution is 2.19. The van der Waals surface area contributed by atoms with Crippen molar-refractivity contribution in [1.29, 1.82) is 0 Å². The predicted molar refractivity (Wildman–Crippen MR) is 94.0 cm³/mol. The largest absolute Gasteiger partial charge is 0.494 e. The average molecular weight is 332 g/mol. The molecule has 132 valence electrons. The fourth-order valence-corrected chi connectivity index (χ4v) is 3.03. The van der Waals surface area contributed by atoms with Crippen molar-refractivity contribution in [1.82, 2.24) is 9.80 Å². The van der Waals surface area contributed by atoms with E-state index in [-0.39, 0.29) is 17.9 Å². The van der Waals surface area contributed by atoms with E-state index < -0.39 is 0 Å². The molecule has 1 unspecified atom stereocenters. The minimum atomic E-state index is -0.307. The fraction of sp³-hybridized carbons (Fsp3) is 0.579. The topological polar surface area (TPSA) is 49.9 Å².